The lowest BCUT2D eigenvalue weighted by Crippen LogP contribution is -2.24. The molecule has 1 atom stereocenters. The third-order valence-electron chi connectivity index (χ3n) is 4.39. The van der Waals surface area contributed by atoms with Gasteiger partial charge in [0.1, 0.15) is 11.6 Å². The lowest BCUT2D eigenvalue weighted by molar-refractivity contribution is -0.117. The summed E-state index contributed by atoms with van der Waals surface area (Å²) in [7, 11) is 1.57. The Kier molecular flexibility index (Phi) is 4.12. The van der Waals surface area contributed by atoms with E-state index in [0.717, 1.165) is 0 Å². The first-order chi connectivity index (χ1) is 12.7. The summed E-state index contributed by atoms with van der Waals surface area (Å²) in [6, 6.07) is 13.3. The van der Waals surface area contributed by atoms with Crippen molar-refractivity contribution in [1.29, 1.82) is 0 Å². The number of hydrogen-bond acceptors (Lipinski definition) is 5. The molecule has 0 unspecified atom stereocenters. The fourth-order valence-corrected chi connectivity index (χ4v) is 3.11. The summed E-state index contributed by atoms with van der Waals surface area (Å²) in [6.07, 6.45) is 0.251. The SMILES string of the molecule is COc1ccccc1-c1nc([C@H]2CC(=O)N(c3cccc(F)c3)C2)no1. The molecule has 1 saturated heterocycles. The van der Waals surface area contributed by atoms with Crippen LogP contribution in [0.3, 0.4) is 0 Å². The first kappa shape index (κ1) is 16.3. The number of methoxy groups -OCH3 is 1. The van der Waals surface area contributed by atoms with Crippen molar-refractivity contribution < 1.29 is 18.4 Å². The highest BCUT2D eigenvalue weighted by molar-refractivity contribution is 5.96. The van der Waals surface area contributed by atoms with Gasteiger partial charge in [0.15, 0.2) is 5.82 Å². The molecule has 0 spiro atoms. The van der Waals surface area contributed by atoms with Crippen LogP contribution in [0.25, 0.3) is 11.5 Å². The van der Waals surface area contributed by atoms with Gasteiger partial charge in [-0.2, -0.15) is 4.98 Å². The third-order valence-corrected chi connectivity index (χ3v) is 4.39. The molecule has 3 aromatic rings. The fourth-order valence-electron chi connectivity index (χ4n) is 3.11. The molecule has 132 valence electrons. The van der Waals surface area contributed by atoms with E-state index in [1.165, 1.54) is 12.1 Å². The highest BCUT2D eigenvalue weighted by Crippen LogP contribution is 2.33. The second-order valence-corrected chi connectivity index (χ2v) is 6.04. The van der Waals surface area contributed by atoms with Crippen LogP contribution in [0.4, 0.5) is 10.1 Å². The van der Waals surface area contributed by atoms with Gasteiger partial charge in [-0.3, -0.25) is 4.79 Å². The Labute approximate surface area is 149 Å². The van der Waals surface area contributed by atoms with Crippen LogP contribution in [-0.4, -0.2) is 29.7 Å². The van der Waals surface area contributed by atoms with Crippen molar-refractivity contribution in [2.45, 2.75) is 12.3 Å². The number of halogens is 1. The van der Waals surface area contributed by atoms with Crippen molar-refractivity contribution >= 4 is 11.6 Å². The van der Waals surface area contributed by atoms with Gasteiger partial charge in [0.05, 0.1) is 12.7 Å². The van der Waals surface area contributed by atoms with E-state index in [-0.39, 0.29) is 24.1 Å². The van der Waals surface area contributed by atoms with Gasteiger partial charge in [-0.05, 0) is 30.3 Å². The number of ether oxygens (including phenoxy) is 1. The maximum Gasteiger partial charge on any atom is 0.261 e. The Morgan fingerprint density at radius 1 is 1.23 bits per heavy atom. The summed E-state index contributed by atoms with van der Waals surface area (Å²) in [6.45, 7) is 0.382. The molecule has 0 radical (unpaired) electrons. The third kappa shape index (κ3) is 2.92. The van der Waals surface area contributed by atoms with Crippen LogP contribution in [0.1, 0.15) is 18.2 Å². The van der Waals surface area contributed by atoms with Gasteiger partial charge >= 0.3 is 0 Å². The van der Waals surface area contributed by atoms with E-state index >= 15 is 0 Å². The summed E-state index contributed by atoms with van der Waals surface area (Å²) in [5, 5.41) is 4.04. The minimum Gasteiger partial charge on any atom is -0.496 e. The van der Waals surface area contributed by atoms with Crippen molar-refractivity contribution in [3.63, 3.8) is 0 Å². The Balaban J connectivity index is 1.58. The molecule has 4 rings (SSSR count). The largest absolute Gasteiger partial charge is 0.496 e. The van der Waals surface area contributed by atoms with E-state index in [1.54, 1.807) is 24.1 Å². The van der Waals surface area contributed by atoms with Gasteiger partial charge in [-0.25, -0.2) is 4.39 Å². The number of hydrogen-bond donors (Lipinski definition) is 0. The smallest absolute Gasteiger partial charge is 0.261 e. The first-order valence-electron chi connectivity index (χ1n) is 8.18. The molecule has 0 saturated carbocycles. The van der Waals surface area contributed by atoms with Crippen molar-refractivity contribution in [1.82, 2.24) is 10.1 Å². The number of carbonyl (C=O) groups is 1. The van der Waals surface area contributed by atoms with E-state index in [4.69, 9.17) is 9.26 Å². The molecule has 2 heterocycles. The van der Waals surface area contributed by atoms with Crippen LogP contribution in [0.15, 0.2) is 53.1 Å². The maximum atomic E-state index is 13.4. The molecular formula is C19H16FN3O3. The second kappa shape index (κ2) is 6.59. The van der Waals surface area contributed by atoms with Crippen molar-refractivity contribution in [2.24, 2.45) is 0 Å². The Bertz CT molecular complexity index is 956. The summed E-state index contributed by atoms with van der Waals surface area (Å²) in [4.78, 5) is 18.3. The molecule has 1 amide bonds. The van der Waals surface area contributed by atoms with Crippen molar-refractivity contribution in [3.05, 3.63) is 60.2 Å². The highest BCUT2D eigenvalue weighted by atomic mass is 19.1. The van der Waals surface area contributed by atoms with Crippen molar-refractivity contribution in [2.75, 3.05) is 18.6 Å². The van der Waals surface area contributed by atoms with E-state index < -0.39 is 0 Å². The fraction of sp³-hybridized carbons (Fsp3) is 0.211. The summed E-state index contributed by atoms with van der Waals surface area (Å²) in [5.74, 6) is 0.748. The lowest BCUT2D eigenvalue weighted by Gasteiger charge is -2.15. The van der Waals surface area contributed by atoms with E-state index in [0.29, 0.717) is 35.3 Å². The minimum absolute atomic E-state index is 0.0933. The average Bonchev–Trinajstić information content (AvgIpc) is 3.28. The summed E-state index contributed by atoms with van der Waals surface area (Å²) in [5.41, 5.74) is 1.23. The first-order valence-corrected chi connectivity index (χ1v) is 8.18. The standard InChI is InChI=1S/C19H16FN3O3/c1-25-16-8-3-2-7-15(16)19-21-18(22-26-19)12-9-17(24)23(11-12)14-6-4-5-13(20)10-14/h2-8,10,12H,9,11H2,1H3/t12-/m0/s1. The minimum atomic E-state index is -0.378. The Morgan fingerprint density at radius 2 is 2.08 bits per heavy atom. The Hall–Kier alpha value is -3.22. The van der Waals surface area contributed by atoms with Gasteiger partial charge in [0.2, 0.25) is 5.91 Å². The maximum absolute atomic E-state index is 13.4. The van der Waals surface area contributed by atoms with E-state index in [9.17, 15) is 9.18 Å². The van der Waals surface area contributed by atoms with Crippen LogP contribution in [-0.2, 0) is 4.79 Å². The van der Waals surface area contributed by atoms with Gasteiger partial charge < -0.3 is 14.2 Å². The van der Waals surface area contributed by atoms with Crippen molar-refractivity contribution in [3.8, 4) is 17.2 Å². The number of anilines is 1. The van der Waals surface area contributed by atoms with Crippen LogP contribution in [0.2, 0.25) is 0 Å². The number of aromatic nitrogens is 2. The zero-order valence-corrected chi connectivity index (χ0v) is 14.1. The highest BCUT2D eigenvalue weighted by Gasteiger charge is 2.35. The van der Waals surface area contributed by atoms with Crippen LogP contribution in [0.5, 0.6) is 5.75 Å². The zero-order valence-electron chi connectivity index (χ0n) is 14.1. The second-order valence-electron chi connectivity index (χ2n) is 6.04. The lowest BCUT2D eigenvalue weighted by atomic mass is 10.1. The molecular weight excluding hydrogens is 337 g/mol. The predicted molar refractivity (Wildman–Crippen MR) is 92.4 cm³/mol. The van der Waals surface area contributed by atoms with Crippen LogP contribution in [0, 0.1) is 5.82 Å². The normalized spacial score (nSPS) is 16.9. The van der Waals surface area contributed by atoms with Gasteiger partial charge in [0, 0.05) is 24.6 Å². The molecule has 0 N–H and O–H groups in total. The molecule has 7 heteroatoms. The molecule has 2 aromatic carbocycles. The molecule has 26 heavy (non-hydrogen) atoms. The average molecular weight is 353 g/mol. The topological polar surface area (TPSA) is 68.5 Å². The quantitative estimate of drug-likeness (QED) is 0.719. The predicted octanol–water partition coefficient (Wildman–Crippen LogP) is 3.40. The van der Waals surface area contributed by atoms with Gasteiger partial charge in [0.25, 0.3) is 5.89 Å². The van der Waals surface area contributed by atoms with Crippen LogP contribution < -0.4 is 9.64 Å². The van der Waals surface area contributed by atoms with E-state index in [1.807, 2.05) is 24.3 Å². The van der Waals surface area contributed by atoms with Gasteiger partial charge in [-0.1, -0.05) is 23.4 Å². The summed E-state index contributed by atoms with van der Waals surface area (Å²) >= 11 is 0. The molecule has 6 nitrogen and oxygen atoms in total. The number of benzene rings is 2. The van der Waals surface area contributed by atoms with Crippen LogP contribution >= 0.6 is 0 Å². The molecule has 1 fully saturated rings. The molecule has 1 aliphatic rings. The zero-order chi connectivity index (χ0) is 18.1. The Morgan fingerprint density at radius 3 is 2.88 bits per heavy atom. The number of rotatable bonds is 4. The molecule has 1 aromatic heterocycles. The molecule has 1 aliphatic heterocycles. The molecule has 0 aliphatic carbocycles. The number of carbonyl (C=O) groups excluding carboxylic acids is 1. The monoisotopic (exact) mass is 353 g/mol. The number of para-hydroxylation sites is 1. The van der Waals surface area contributed by atoms with E-state index in [2.05, 4.69) is 10.1 Å². The number of nitrogens with zero attached hydrogens (tertiary/aromatic N) is 3. The molecule has 0 bridgehead atoms. The summed E-state index contributed by atoms with van der Waals surface area (Å²) < 4.78 is 24.1. The van der Waals surface area contributed by atoms with Gasteiger partial charge in [-0.15, -0.1) is 0 Å². The number of amides is 1.